The summed E-state index contributed by atoms with van der Waals surface area (Å²) in [5.41, 5.74) is -0.675. The Bertz CT molecular complexity index is 359. The topological polar surface area (TPSA) is 49.4 Å². The third-order valence-corrected chi connectivity index (χ3v) is 4.95. The summed E-state index contributed by atoms with van der Waals surface area (Å²) >= 11 is 0. The fourth-order valence-electron chi connectivity index (χ4n) is 3.17. The van der Waals surface area contributed by atoms with Crippen molar-refractivity contribution in [2.45, 2.75) is 70.9 Å². The Hall–Kier alpha value is -1.06. The van der Waals surface area contributed by atoms with Crippen molar-refractivity contribution < 1.29 is 9.59 Å². The van der Waals surface area contributed by atoms with Gasteiger partial charge >= 0.3 is 0 Å². The molecule has 1 saturated heterocycles. The van der Waals surface area contributed by atoms with Crippen LogP contribution in [0.1, 0.15) is 59.3 Å². The lowest BCUT2D eigenvalue weighted by Crippen LogP contribution is -2.58. The van der Waals surface area contributed by atoms with Gasteiger partial charge in [-0.1, -0.05) is 20.3 Å². The highest BCUT2D eigenvalue weighted by Crippen LogP contribution is 2.31. The maximum absolute atomic E-state index is 12.9. The number of carbonyl (C=O) groups is 2. The Morgan fingerprint density at radius 2 is 1.89 bits per heavy atom. The van der Waals surface area contributed by atoms with E-state index >= 15 is 0 Å². The third-order valence-electron chi connectivity index (χ3n) is 4.95. The van der Waals surface area contributed by atoms with Crippen LogP contribution in [0.5, 0.6) is 0 Å². The summed E-state index contributed by atoms with van der Waals surface area (Å²) in [5, 5.41) is 2.98. The summed E-state index contributed by atoms with van der Waals surface area (Å²) < 4.78 is 0. The molecule has 1 N–H and O–H groups in total. The average Bonchev–Trinajstić information content (AvgIpc) is 2.41. The van der Waals surface area contributed by atoms with Gasteiger partial charge in [0, 0.05) is 19.0 Å². The van der Waals surface area contributed by atoms with E-state index in [0.29, 0.717) is 25.2 Å². The van der Waals surface area contributed by atoms with Crippen LogP contribution in [-0.2, 0) is 9.59 Å². The molecule has 0 aromatic rings. The van der Waals surface area contributed by atoms with Crippen LogP contribution >= 0.6 is 0 Å². The van der Waals surface area contributed by atoms with Crippen molar-refractivity contribution in [1.82, 2.24) is 10.2 Å². The summed E-state index contributed by atoms with van der Waals surface area (Å²) in [4.78, 5) is 26.8. The molecule has 2 aliphatic rings. The quantitative estimate of drug-likeness (QED) is 0.847. The summed E-state index contributed by atoms with van der Waals surface area (Å²) in [6, 6.07) is 0.0214. The van der Waals surface area contributed by atoms with Crippen LogP contribution < -0.4 is 5.32 Å². The van der Waals surface area contributed by atoms with E-state index in [9.17, 15) is 9.59 Å². The second-order valence-electron chi connectivity index (χ2n) is 6.14. The van der Waals surface area contributed by atoms with Crippen LogP contribution in [0.4, 0.5) is 0 Å². The van der Waals surface area contributed by atoms with Crippen molar-refractivity contribution in [2.24, 2.45) is 5.92 Å². The second-order valence-corrected chi connectivity index (χ2v) is 6.14. The zero-order valence-corrected chi connectivity index (χ0v) is 12.4. The molecule has 1 saturated carbocycles. The third kappa shape index (κ3) is 2.63. The molecule has 4 nitrogen and oxygen atoms in total. The lowest BCUT2D eigenvalue weighted by atomic mass is 9.84. The van der Waals surface area contributed by atoms with Gasteiger partial charge in [0.2, 0.25) is 11.8 Å². The number of hydrogen-bond donors (Lipinski definition) is 1. The minimum absolute atomic E-state index is 0.0145. The first-order valence-electron chi connectivity index (χ1n) is 7.64. The number of amides is 2. The van der Waals surface area contributed by atoms with Gasteiger partial charge in [-0.05, 0) is 38.5 Å². The van der Waals surface area contributed by atoms with Gasteiger partial charge in [-0.2, -0.15) is 0 Å². The van der Waals surface area contributed by atoms with E-state index in [4.69, 9.17) is 0 Å². The fourth-order valence-corrected chi connectivity index (χ4v) is 3.17. The van der Waals surface area contributed by atoms with Crippen LogP contribution in [-0.4, -0.2) is 34.8 Å². The van der Waals surface area contributed by atoms with Gasteiger partial charge in [0.15, 0.2) is 0 Å². The Morgan fingerprint density at radius 1 is 1.26 bits per heavy atom. The molecule has 2 amide bonds. The van der Waals surface area contributed by atoms with E-state index in [1.807, 2.05) is 25.7 Å². The first-order chi connectivity index (χ1) is 9.02. The Kier molecular flexibility index (Phi) is 4.16. The highest BCUT2D eigenvalue weighted by atomic mass is 16.2. The van der Waals surface area contributed by atoms with Gasteiger partial charge in [-0.15, -0.1) is 0 Å². The van der Waals surface area contributed by atoms with E-state index in [1.54, 1.807) is 0 Å². The van der Waals surface area contributed by atoms with Crippen molar-refractivity contribution in [3.05, 3.63) is 0 Å². The first-order valence-corrected chi connectivity index (χ1v) is 7.64. The van der Waals surface area contributed by atoms with Crippen molar-refractivity contribution in [3.63, 3.8) is 0 Å². The number of hydrogen-bond acceptors (Lipinski definition) is 2. The molecule has 2 rings (SSSR count). The molecule has 1 aliphatic heterocycles. The smallest absolute Gasteiger partial charge is 0.248 e. The Morgan fingerprint density at radius 3 is 2.37 bits per heavy atom. The molecule has 19 heavy (non-hydrogen) atoms. The van der Waals surface area contributed by atoms with Crippen molar-refractivity contribution >= 4 is 11.8 Å². The van der Waals surface area contributed by atoms with Gasteiger partial charge in [0.1, 0.15) is 5.54 Å². The van der Waals surface area contributed by atoms with Crippen molar-refractivity contribution in [1.29, 1.82) is 0 Å². The van der Waals surface area contributed by atoms with Gasteiger partial charge in [0.05, 0.1) is 0 Å². The highest BCUT2D eigenvalue weighted by molar-refractivity contribution is 5.94. The Balaban J connectivity index is 2.22. The molecule has 4 heteroatoms. The standard InChI is InChI=1S/C15H26N2O2/c1-4-15(5-2)14(19)17(10-12-7-6-8-12)11(3)9-13(18)16-15/h11-12H,4-10H2,1-3H3,(H,16,18). The summed E-state index contributed by atoms with van der Waals surface area (Å²) in [6.45, 7) is 6.80. The molecular formula is C15H26N2O2. The molecule has 0 bridgehead atoms. The Labute approximate surface area is 115 Å². The zero-order valence-electron chi connectivity index (χ0n) is 12.4. The van der Waals surface area contributed by atoms with E-state index < -0.39 is 5.54 Å². The van der Waals surface area contributed by atoms with Crippen molar-refractivity contribution in [2.75, 3.05) is 6.54 Å². The normalized spacial score (nSPS) is 27.7. The lowest BCUT2D eigenvalue weighted by molar-refractivity contribution is -0.141. The lowest BCUT2D eigenvalue weighted by Gasteiger charge is -2.39. The molecule has 1 atom stereocenters. The molecule has 0 spiro atoms. The summed E-state index contributed by atoms with van der Waals surface area (Å²) in [7, 11) is 0. The molecule has 1 unspecified atom stereocenters. The molecule has 108 valence electrons. The summed E-state index contributed by atoms with van der Waals surface area (Å²) in [5.74, 6) is 0.787. The average molecular weight is 266 g/mol. The van der Waals surface area contributed by atoms with E-state index in [1.165, 1.54) is 19.3 Å². The number of rotatable bonds is 4. The predicted molar refractivity (Wildman–Crippen MR) is 74.6 cm³/mol. The maximum Gasteiger partial charge on any atom is 0.248 e. The molecule has 1 aliphatic carbocycles. The second kappa shape index (κ2) is 5.51. The predicted octanol–water partition coefficient (Wildman–Crippen LogP) is 2.08. The minimum Gasteiger partial charge on any atom is -0.342 e. The van der Waals surface area contributed by atoms with Crippen LogP contribution in [0.15, 0.2) is 0 Å². The number of nitrogens with one attached hydrogen (secondary N) is 1. The van der Waals surface area contributed by atoms with Gasteiger partial charge in [-0.3, -0.25) is 9.59 Å². The molecule has 0 radical (unpaired) electrons. The number of nitrogens with zero attached hydrogens (tertiary/aromatic N) is 1. The highest BCUT2D eigenvalue weighted by Gasteiger charge is 2.44. The molecule has 1 heterocycles. The monoisotopic (exact) mass is 266 g/mol. The van der Waals surface area contributed by atoms with Crippen LogP contribution in [0.25, 0.3) is 0 Å². The zero-order chi connectivity index (χ0) is 14.0. The molecule has 2 fully saturated rings. The van der Waals surface area contributed by atoms with Crippen LogP contribution in [0.2, 0.25) is 0 Å². The molecule has 0 aromatic heterocycles. The summed E-state index contributed by atoms with van der Waals surface area (Å²) in [6.07, 6.45) is 5.50. The molecular weight excluding hydrogens is 240 g/mol. The van der Waals surface area contributed by atoms with E-state index in [-0.39, 0.29) is 17.9 Å². The molecule has 0 aromatic carbocycles. The fraction of sp³-hybridized carbons (Fsp3) is 0.867. The first kappa shape index (κ1) is 14.4. The van der Waals surface area contributed by atoms with Gasteiger partial charge < -0.3 is 10.2 Å². The van der Waals surface area contributed by atoms with Gasteiger partial charge in [-0.25, -0.2) is 0 Å². The van der Waals surface area contributed by atoms with Gasteiger partial charge in [0.25, 0.3) is 0 Å². The van der Waals surface area contributed by atoms with Crippen LogP contribution in [0, 0.1) is 5.92 Å². The van der Waals surface area contributed by atoms with Crippen LogP contribution in [0.3, 0.4) is 0 Å². The van der Waals surface area contributed by atoms with Crippen molar-refractivity contribution in [3.8, 4) is 0 Å². The largest absolute Gasteiger partial charge is 0.342 e. The maximum atomic E-state index is 12.9. The van der Waals surface area contributed by atoms with E-state index in [2.05, 4.69) is 5.32 Å². The minimum atomic E-state index is -0.675. The number of carbonyl (C=O) groups excluding carboxylic acids is 2. The SMILES string of the molecule is CCC1(CC)NC(=O)CC(C)N(CC2CCC2)C1=O. The van der Waals surface area contributed by atoms with E-state index in [0.717, 1.165) is 6.54 Å².